The van der Waals surface area contributed by atoms with Gasteiger partial charge >= 0.3 is 5.97 Å². The lowest BCUT2D eigenvalue weighted by Gasteiger charge is -2.14. The molecule has 0 saturated carbocycles. The van der Waals surface area contributed by atoms with Crippen LogP contribution in [0.5, 0.6) is 0 Å². The SMILES string of the molecule is Cc1cc(C)c(C(=O)CC2OC(=O)c3ccccc32)c(C)c1. The number of hydrogen-bond acceptors (Lipinski definition) is 3. The van der Waals surface area contributed by atoms with Crippen LogP contribution in [0.4, 0.5) is 0 Å². The average Bonchev–Trinajstić information content (AvgIpc) is 2.75. The van der Waals surface area contributed by atoms with Crippen LogP contribution in [-0.2, 0) is 4.74 Å². The van der Waals surface area contributed by atoms with Crippen LogP contribution in [0.1, 0.15) is 55.5 Å². The standard InChI is InChI=1S/C19H18O3/c1-11-8-12(2)18(13(3)9-11)16(20)10-17-14-6-4-5-7-15(14)19(21)22-17/h4-9,17H,10H2,1-3H3. The minimum atomic E-state index is -0.476. The van der Waals surface area contributed by atoms with Crippen molar-refractivity contribution in [2.75, 3.05) is 0 Å². The van der Waals surface area contributed by atoms with Crippen molar-refractivity contribution in [3.8, 4) is 0 Å². The van der Waals surface area contributed by atoms with Crippen molar-refractivity contribution in [3.05, 3.63) is 69.8 Å². The molecule has 1 atom stereocenters. The number of ether oxygens (including phenoxy) is 1. The van der Waals surface area contributed by atoms with Crippen molar-refractivity contribution in [2.24, 2.45) is 0 Å². The zero-order valence-corrected chi connectivity index (χ0v) is 13.0. The van der Waals surface area contributed by atoms with Crippen LogP contribution < -0.4 is 0 Å². The van der Waals surface area contributed by atoms with Crippen LogP contribution in [0.25, 0.3) is 0 Å². The first kappa shape index (κ1) is 14.5. The zero-order valence-electron chi connectivity index (χ0n) is 13.0. The lowest BCUT2D eigenvalue weighted by Crippen LogP contribution is -2.11. The van der Waals surface area contributed by atoms with E-state index in [9.17, 15) is 9.59 Å². The van der Waals surface area contributed by atoms with Crippen LogP contribution in [0.15, 0.2) is 36.4 Å². The molecule has 0 bridgehead atoms. The number of ketones is 1. The highest BCUT2D eigenvalue weighted by Gasteiger charge is 2.32. The van der Waals surface area contributed by atoms with E-state index in [1.165, 1.54) is 0 Å². The Labute approximate surface area is 129 Å². The summed E-state index contributed by atoms with van der Waals surface area (Å²) in [4.78, 5) is 24.5. The molecule has 3 nitrogen and oxygen atoms in total. The molecular weight excluding hydrogens is 276 g/mol. The molecule has 0 amide bonds. The van der Waals surface area contributed by atoms with Crippen molar-refractivity contribution in [1.82, 2.24) is 0 Å². The van der Waals surface area contributed by atoms with E-state index in [-0.39, 0.29) is 18.2 Å². The summed E-state index contributed by atoms with van der Waals surface area (Å²) in [5.74, 6) is -0.324. The first-order valence-corrected chi connectivity index (χ1v) is 7.38. The maximum Gasteiger partial charge on any atom is 0.339 e. The van der Waals surface area contributed by atoms with Crippen LogP contribution in [0, 0.1) is 20.8 Å². The zero-order chi connectivity index (χ0) is 15.9. The van der Waals surface area contributed by atoms with Crippen molar-refractivity contribution in [2.45, 2.75) is 33.3 Å². The van der Waals surface area contributed by atoms with Gasteiger partial charge in [-0.15, -0.1) is 0 Å². The van der Waals surface area contributed by atoms with Gasteiger partial charge in [-0.05, 0) is 38.0 Å². The number of carbonyl (C=O) groups is 2. The number of esters is 1. The average molecular weight is 294 g/mol. The van der Waals surface area contributed by atoms with E-state index in [2.05, 4.69) is 0 Å². The van der Waals surface area contributed by atoms with E-state index in [0.717, 1.165) is 27.8 Å². The summed E-state index contributed by atoms with van der Waals surface area (Å²) < 4.78 is 5.37. The summed E-state index contributed by atoms with van der Waals surface area (Å²) in [5.41, 5.74) is 5.20. The minimum Gasteiger partial charge on any atom is -0.453 e. The molecule has 112 valence electrons. The number of cyclic esters (lactones) is 1. The van der Waals surface area contributed by atoms with Gasteiger partial charge in [0.15, 0.2) is 5.78 Å². The first-order valence-electron chi connectivity index (χ1n) is 7.38. The molecule has 0 aliphatic carbocycles. The van der Waals surface area contributed by atoms with Crippen molar-refractivity contribution >= 4 is 11.8 Å². The number of hydrogen-bond donors (Lipinski definition) is 0. The highest BCUT2D eigenvalue weighted by atomic mass is 16.5. The van der Waals surface area contributed by atoms with Gasteiger partial charge in [0.05, 0.1) is 12.0 Å². The lowest BCUT2D eigenvalue weighted by atomic mass is 9.92. The van der Waals surface area contributed by atoms with E-state index in [0.29, 0.717) is 5.56 Å². The Hall–Kier alpha value is -2.42. The fourth-order valence-electron chi connectivity index (χ4n) is 3.26. The molecule has 3 heteroatoms. The summed E-state index contributed by atoms with van der Waals surface area (Å²) >= 11 is 0. The second-order valence-corrected chi connectivity index (χ2v) is 5.88. The third-order valence-electron chi connectivity index (χ3n) is 4.10. The fraction of sp³-hybridized carbons (Fsp3) is 0.263. The molecule has 1 unspecified atom stereocenters. The predicted octanol–water partition coefficient (Wildman–Crippen LogP) is 4.10. The van der Waals surface area contributed by atoms with Crippen LogP contribution in [0.3, 0.4) is 0 Å². The molecule has 0 aromatic heterocycles. The summed E-state index contributed by atoms with van der Waals surface area (Å²) in [6, 6.07) is 11.3. The normalized spacial score (nSPS) is 16.3. The predicted molar refractivity (Wildman–Crippen MR) is 84.2 cm³/mol. The third kappa shape index (κ3) is 2.43. The summed E-state index contributed by atoms with van der Waals surface area (Å²) in [6.07, 6.45) is -0.288. The van der Waals surface area contributed by atoms with Gasteiger partial charge in [0.1, 0.15) is 6.10 Å². The Morgan fingerprint density at radius 1 is 1.09 bits per heavy atom. The van der Waals surface area contributed by atoms with Gasteiger partial charge in [-0.3, -0.25) is 4.79 Å². The maximum atomic E-state index is 12.7. The van der Waals surface area contributed by atoms with E-state index in [4.69, 9.17) is 4.74 Å². The molecule has 0 spiro atoms. The summed E-state index contributed by atoms with van der Waals surface area (Å²) in [5, 5.41) is 0. The Bertz CT molecular complexity index is 751. The van der Waals surface area contributed by atoms with E-state index in [1.54, 1.807) is 12.1 Å². The molecule has 1 aliphatic heterocycles. The first-order chi connectivity index (χ1) is 10.5. The Kier molecular flexibility index (Phi) is 3.57. The Balaban J connectivity index is 1.89. The van der Waals surface area contributed by atoms with Crippen LogP contribution in [-0.4, -0.2) is 11.8 Å². The molecule has 3 rings (SSSR count). The number of fused-ring (bicyclic) bond motifs is 1. The van der Waals surface area contributed by atoms with E-state index < -0.39 is 6.10 Å². The van der Waals surface area contributed by atoms with Gasteiger partial charge in [-0.25, -0.2) is 4.79 Å². The van der Waals surface area contributed by atoms with E-state index >= 15 is 0 Å². The Morgan fingerprint density at radius 2 is 1.73 bits per heavy atom. The lowest BCUT2D eigenvalue weighted by molar-refractivity contribution is 0.0367. The van der Waals surface area contributed by atoms with Gasteiger partial charge in [0.25, 0.3) is 0 Å². The van der Waals surface area contributed by atoms with Gasteiger partial charge in [0.2, 0.25) is 0 Å². The molecular formula is C19H18O3. The molecule has 0 saturated heterocycles. The second-order valence-electron chi connectivity index (χ2n) is 5.88. The van der Waals surface area contributed by atoms with E-state index in [1.807, 2.05) is 45.0 Å². The molecule has 0 N–H and O–H groups in total. The van der Waals surface area contributed by atoms with Gasteiger partial charge in [0, 0.05) is 11.1 Å². The third-order valence-corrected chi connectivity index (χ3v) is 4.10. The molecule has 1 heterocycles. The monoisotopic (exact) mass is 294 g/mol. The number of rotatable bonds is 3. The molecule has 22 heavy (non-hydrogen) atoms. The van der Waals surface area contributed by atoms with Gasteiger partial charge < -0.3 is 4.74 Å². The highest BCUT2D eigenvalue weighted by molar-refractivity contribution is 6.00. The number of Topliss-reactive ketones (excluding diaryl/α,β-unsaturated/α-hetero) is 1. The molecule has 0 fully saturated rings. The van der Waals surface area contributed by atoms with Crippen LogP contribution >= 0.6 is 0 Å². The number of carbonyl (C=O) groups excluding carboxylic acids is 2. The van der Waals surface area contributed by atoms with Gasteiger partial charge in [-0.1, -0.05) is 35.9 Å². The maximum absolute atomic E-state index is 12.7. The molecule has 0 radical (unpaired) electrons. The largest absolute Gasteiger partial charge is 0.453 e. The van der Waals surface area contributed by atoms with Crippen molar-refractivity contribution in [3.63, 3.8) is 0 Å². The molecule has 2 aromatic rings. The quantitative estimate of drug-likeness (QED) is 0.632. The fourth-order valence-corrected chi connectivity index (χ4v) is 3.26. The summed E-state index contributed by atoms with van der Waals surface area (Å²) in [6.45, 7) is 5.91. The van der Waals surface area contributed by atoms with Crippen LogP contribution in [0.2, 0.25) is 0 Å². The topological polar surface area (TPSA) is 43.4 Å². The number of benzene rings is 2. The molecule has 1 aliphatic rings. The van der Waals surface area contributed by atoms with Crippen molar-refractivity contribution in [1.29, 1.82) is 0 Å². The van der Waals surface area contributed by atoms with Gasteiger partial charge in [-0.2, -0.15) is 0 Å². The Morgan fingerprint density at radius 3 is 2.41 bits per heavy atom. The molecule has 2 aromatic carbocycles. The second kappa shape index (κ2) is 5.41. The number of aryl methyl sites for hydroxylation is 3. The van der Waals surface area contributed by atoms with Crippen molar-refractivity contribution < 1.29 is 14.3 Å². The minimum absolute atomic E-state index is 0.0181. The smallest absolute Gasteiger partial charge is 0.339 e. The summed E-state index contributed by atoms with van der Waals surface area (Å²) in [7, 11) is 0. The highest BCUT2D eigenvalue weighted by Crippen LogP contribution is 2.34.